The molecule has 3 N–H and O–H groups in total. The number of aliphatic hydroxyl groups is 1. The van der Waals surface area contributed by atoms with Crippen molar-refractivity contribution in [3.63, 3.8) is 0 Å². The second-order valence-electron chi connectivity index (χ2n) is 10.8. The summed E-state index contributed by atoms with van der Waals surface area (Å²) in [4.78, 5) is 27.6. The second kappa shape index (κ2) is 15.3. The normalized spacial score (nSPS) is 12.7. The van der Waals surface area contributed by atoms with Gasteiger partial charge in [0.2, 0.25) is 5.36 Å². The number of hydrogen-bond acceptors (Lipinski definition) is 9. The van der Waals surface area contributed by atoms with E-state index in [0.717, 1.165) is 11.0 Å². The van der Waals surface area contributed by atoms with Crippen molar-refractivity contribution >= 4 is 36.8 Å². The van der Waals surface area contributed by atoms with Crippen LogP contribution in [0, 0.1) is 0 Å². The number of rotatable bonds is 14. The maximum atomic E-state index is 13.2. The summed E-state index contributed by atoms with van der Waals surface area (Å²) in [7, 11) is 6.35. The summed E-state index contributed by atoms with van der Waals surface area (Å²) in [6.45, 7) is 0.347. The molecule has 1 heterocycles. The number of amides is 1. The van der Waals surface area contributed by atoms with Crippen molar-refractivity contribution in [2.24, 2.45) is 0 Å². The number of hydrogen-bond donors (Lipinski definition) is 3. The van der Waals surface area contributed by atoms with Crippen LogP contribution >= 0.6 is 8.25 Å². The van der Waals surface area contributed by atoms with E-state index in [2.05, 4.69) is 9.84 Å². The van der Waals surface area contributed by atoms with Crippen LogP contribution in [0.4, 0.5) is 5.69 Å². The number of carbonyl (C=O) groups is 2. The summed E-state index contributed by atoms with van der Waals surface area (Å²) in [6, 6.07) is 16.0. The maximum Gasteiger partial charge on any atom is 0.336 e. The fraction of sp³-hybridized carbons (Fsp3) is 0.344. The summed E-state index contributed by atoms with van der Waals surface area (Å²) in [5, 5.41) is 24.5. The molecule has 1 aliphatic carbocycles. The summed E-state index contributed by atoms with van der Waals surface area (Å²) >= 11 is 0. The van der Waals surface area contributed by atoms with E-state index in [1.54, 1.807) is 6.07 Å². The molecule has 1 amide bonds. The summed E-state index contributed by atoms with van der Waals surface area (Å²) in [5.74, 6) is -0.908. The number of anilines is 1. The van der Waals surface area contributed by atoms with Gasteiger partial charge in [0, 0.05) is 74.3 Å². The number of fused-ring (bicyclic) bond motifs is 2. The molecule has 2 aromatic rings. The predicted octanol–water partition coefficient (Wildman–Crippen LogP) is 3.55. The average Bonchev–Trinajstić information content (AvgIpc) is 3.02. The molecule has 0 saturated heterocycles. The lowest BCUT2D eigenvalue weighted by molar-refractivity contribution is 0.0104. The van der Waals surface area contributed by atoms with Crippen LogP contribution in [-0.2, 0) is 18.3 Å². The molecule has 0 radical (unpaired) electrons. The van der Waals surface area contributed by atoms with Crippen molar-refractivity contribution in [2.75, 3.05) is 66.6 Å². The molecule has 1 aliphatic heterocycles. The number of ether oxygens (including phenoxy) is 1. The molecule has 2 unspecified atom stereocenters. The van der Waals surface area contributed by atoms with Gasteiger partial charge in [-0.3, -0.25) is 9.36 Å². The first kappa shape index (κ1) is 33.8. The molecule has 0 fully saturated rings. The number of benzene rings is 3. The Kier molecular flexibility index (Phi) is 11.5. The minimum absolute atomic E-state index is 0.0236. The third-order valence-electron chi connectivity index (χ3n) is 7.12. The Morgan fingerprint density at radius 3 is 2.51 bits per heavy atom. The molecule has 0 aromatic heterocycles. The minimum atomic E-state index is -2.61. The van der Waals surface area contributed by atoms with E-state index in [1.165, 1.54) is 19.2 Å². The van der Waals surface area contributed by atoms with Gasteiger partial charge in [0.1, 0.15) is 31.5 Å². The first-order valence-electron chi connectivity index (χ1n) is 14.3. The molecule has 2 aromatic carbocycles. The molecule has 0 spiro atoms. The fourth-order valence-electron chi connectivity index (χ4n) is 4.76. The lowest BCUT2D eigenvalue weighted by Gasteiger charge is -2.19. The molecule has 13 heteroatoms. The Balaban J connectivity index is 1.62. The second-order valence-corrected chi connectivity index (χ2v) is 12.0. The van der Waals surface area contributed by atoms with Crippen LogP contribution in [0.25, 0.3) is 33.4 Å². The SMILES string of the molecule is CO[PH](=O)OCC(O)COCCCNC(=O)c1ccc(C(=O)O)c(-c2c3ccc(=[N+](C)C)cc-3oc3cc(N(C)C)ccc23)c1. The van der Waals surface area contributed by atoms with Gasteiger partial charge < -0.3 is 38.6 Å². The highest BCUT2D eigenvalue weighted by atomic mass is 31.1. The van der Waals surface area contributed by atoms with Crippen LogP contribution in [0.3, 0.4) is 0 Å². The molecule has 0 saturated carbocycles. The summed E-state index contributed by atoms with van der Waals surface area (Å²) in [5.41, 5.74) is 3.62. The standard InChI is InChI=1S/C32H38N3O9P/c1-34(2)21-8-11-25-28(16-21)44-29-17-22(35(3)4)9-12-26(29)30(25)27-15-20(7-10-24(27)32(38)39)31(37)33-13-6-14-42-18-23(36)19-43-45(40)41-5/h7-12,15-17,23,36,45H,6,13-14,18-19H2,1-5H3,(H-,33,37,38,39)/p+1. The van der Waals surface area contributed by atoms with Crippen molar-refractivity contribution in [1.29, 1.82) is 0 Å². The van der Waals surface area contributed by atoms with Gasteiger partial charge in [0.15, 0.2) is 0 Å². The molecule has 2 atom stereocenters. The minimum Gasteiger partial charge on any atom is -0.478 e. The lowest BCUT2D eigenvalue weighted by atomic mass is 9.89. The van der Waals surface area contributed by atoms with Gasteiger partial charge in [-0.2, -0.15) is 0 Å². The molecule has 0 bridgehead atoms. The Hall–Kier alpha value is -4.06. The molecule has 12 nitrogen and oxygen atoms in total. The Bertz CT molecular complexity index is 1750. The van der Waals surface area contributed by atoms with Crippen molar-refractivity contribution in [3.8, 4) is 22.5 Å². The largest absolute Gasteiger partial charge is 0.478 e. The number of aromatic carboxylic acids is 1. The molecule has 240 valence electrons. The van der Waals surface area contributed by atoms with Crippen LogP contribution < -0.4 is 20.1 Å². The zero-order chi connectivity index (χ0) is 32.7. The molecule has 2 aliphatic rings. The van der Waals surface area contributed by atoms with Gasteiger partial charge in [0.05, 0.1) is 24.8 Å². The van der Waals surface area contributed by atoms with Gasteiger partial charge in [0.25, 0.3) is 5.91 Å². The van der Waals surface area contributed by atoms with E-state index >= 15 is 0 Å². The topological polar surface area (TPSA) is 151 Å². The average molecular weight is 641 g/mol. The Labute approximate surface area is 261 Å². The number of aliphatic hydroxyl groups excluding tert-OH is 1. The summed E-state index contributed by atoms with van der Waals surface area (Å²) in [6.07, 6.45) is -0.497. The molecule has 45 heavy (non-hydrogen) atoms. The van der Waals surface area contributed by atoms with E-state index in [-0.39, 0.29) is 37.8 Å². The van der Waals surface area contributed by atoms with E-state index in [0.29, 0.717) is 45.4 Å². The fourth-order valence-corrected chi connectivity index (χ4v) is 5.21. The Morgan fingerprint density at radius 1 is 1.04 bits per heavy atom. The first-order valence-corrected chi connectivity index (χ1v) is 15.5. The predicted molar refractivity (Wildman–Crippen MR) is 172 cm³/mol. The maximum absolute atomic E-state index is 13.2. The van der Waals surface area contributed by atoms with Crippen LogP contribution in [0.5, 0.6) is 0 Å². The highest BCUT2D eigenvalue weighted by Crippen LogP contribution is 2.42. The third kappa shape index (κ3) is 8.36. The molecule has 4 rings (SSSR count). The smallest absolute Gasteiger partial charge is 0.336 e. The number of nitrogens with zero attached hydrogens (tertiary/aromatic N) is 2. The third-order valence-corrected chi connectivity index (χ3v) is 7.86. The number of carboxylic acids is 1. The van der Waals surface area contributed by atoms with Gasteiger partial charge in [-0.25, -0.2) is 9.37 Å². The van der Waals surface area contributed by atoms with E-state index < -0.39 is 20.3 Å². The monoisotopic (exact) mass is 640 g/mol. The van der Waals surface area contributed by atoms with Gasteiger partial charge >= 0.3 is 14.2 Å². The van der Waals surface area contributed by atoms with Crippen molar-refractivity contribution in [2.45, 2.75) is 12.5 Å². The van der Waals surface area contributed by atoms with E-state index in [9.17, 15) is 24.4 Å². The number of carboxylic acid groups (broad SMARTS) is 1. The van der Waals surface area contributed by atoms with Gasteiger partial charge in [-0.1, -0.05) is 0 Å². The highest BCUT2D eigenvalue weighted by Gasteiger charge is 2.24. The lowest BCUT2D eigenvalue weighted by Crippen LogP contribution is -2.26. The van der Waals surface area contributed by atoms with Crippen LogP contribution in [0.2, 0.25) is 0 Å². The quantitative estimate of drug-likeness (QED) is 0.0808. The first-order chi connectivity index (χ1) is 21.5. The van der Waals surface area contributed by atoms with E-state index in [1.807, 2.05) is 74.1 Å². The summed E-state index contributed by atoms with van der Waals surface area (Å²) < 4.78 is 34.3. The van der Waals surface area contributed by atoms with Crippen molar-refractivity contribution in [3.05, 3.63) is 71.1 Å². The van der Waals surface area contributed by atoms with Crippen LogP contribution in [-0.4, -0.2) is 89.9 Å². The zero-order valence-corrected chi connectivity index (χ0v) is 27.0. The van der Waals surface area contributed by atoms with Gasteiger partial charge in [-0.05, 0) is 48.4 Å². The zero-order valence-electron chi connectivity index (χ0n) is 26.0. The molecular formula is C32H39N3O9P+. The van der Waals surface area contributed by atoms with Crippen molar-refractivity contribution in [1.82, 2.24) is 9.89 Å². The van der Waals surface area contributed by atoms with Crippen molar-refractivity contribution < 1.29 is 42.6 Å². The highest BCUT2D eigenvalue weighted by molar-refractivity contribution is 7.33. The van der Waals surface area contributed by atoms with Crippen LogP contribution in [0.1, 0.15) is 27.1 Å². The number of nitrogens with one attached hydrogen (secondary N) is 1. The van der Waals surface area contributed by atoms with E-state index in [4.69, 9.17) is 13.7 Å². The van der Waals surface area contributed by atoms with Gasteiger partial charge in [-0.15, -0.1) is 0 Å². The Morgan fingerprint density at radius 2 is 1.82 bits per heavy atom. The van der Waals surface area contributed by atoms with Crippen LogP contribution in [0.15, 0.2) is 59.0 Å². The number of carbonyl (C=O) groups excluding carboxylic acids is 1. The molecular weight excluding hydrogens is 601 g/mol.